The summed E-state index contributed by atoms with van der Waals surface area (Å²) < 4.78 is 5.37. The third-order valence-electron chi connectivity index (χ3n) is 2.71. The van der Waals surface area contributed by atoms with Crippen LogP contribution in [0.2, 0.25) is 0 Å². The fourth-order valence-electron chi connectivity index (χ4n) is 1.79. The average Bonchev–Trinajstić information content (AvgIpc) is 2.88. The Hall–Kier alpha value is -2.04. The van der Waals surface area contributed by atoms with Crippen molar-refractivity contribution in [2.45, 2.75) is 20.4 Å². The van der Waals surface area contributed by atoms with Crippen LogP contribution in [0.3, 0.4) is 0 Å². The lowest BCUT2D eigenvalue weighted by Crippen LogP contribution is -2.23. The molecule has 0 spiro atoms. The predicted molar refractivity (Wildman–Crippen MR) is 71.7 cm³/mol. The van der Waals surface area contributed by atoms with E-state index in [0.717, 1.165) is 29.8 Å². The minimum atomic E-state index is 0.711. The molecule has 0 aromatic carbocycles. The van der Waals surface area contributed by atoms with Crippen LogP contribution in [0, 0.1) is 6.92 Å². The Bertz CT molecular complexity index is 496. The van der Waals surface area contributed by atoms with E-state index in [9.17, 15) is 0 Å². The summed E-state index contributed by atoms with van der Waals surface area (Å²) in [7, 11) is 1.86. The molecule has 2 aromatic rings. The highest BCUT2D eigenvalue weighted by Crippen LogP contribution is 2.18. The summed E-state index contributed by atoms with van der Waals surface area (Å²) in [5, 5.41) is 3.04. The summed E-state index contributed by atoms with van der Waals surface area (Å²) >= 11 is 0. The van der Waals surface area contributed by atoms with Crippen LogP contribution in [0.15, 0.2) is 28.9 Å². The Kier molecular flexibility index (Phi) is 3.82. The molecule has 0 atom stereocenters. The van der Waals surface area contributed by atoms with Crippen molar-refractivity contribution < 1.29 is 4.42 Å². The van der Waals surface area contributed by atoms with Crippen molar-refractivity contribution in [1.29, 1.82) is 0 Å². The summed E-state index contributed by atoms with van der Waals surface area (Å²) in [4.78, 5) is 10.9. The van der Waals surface area contributed by atoms with Crippen LogP contribution in [0.5, 0.6) is 0 Å². The van der Waals surface area contributed by atoms with E-state index < -0.39 is 0 Å². The lowest BCUT2D eigenvalue weighted by molar-refractivity contribution is 0.502. The van der Waals surface area contributed by atoms with E-state index in [4.69, 9.17) is 4.42 Å². The Labute approximate surface area is 107 Å². The number of hydrogen-bond acceptors (Lipinski definition) is 5. The van der Waals surface area contributed by atoms with E-state index in [2.05, 4.69) is 27.1 Å². The van der Waals surface area contributed by atoms with Crippen LogP contribution < -0.4 is 10.2 Å². The molecule has 96 valence electrons. The van der Waals surface area contributed by atoms with Gasteiger partial charge in [-0.1, -0.05) is 0 Å². The smallest absolute Gasteiger partial charge is 0.134 e. The topological polar surface area (TPSA) is 54.2 Å². The van der Waals surface area contributed by atoms with Crippen molar-refractivity contribution >= 4 is 11.6 Å². The van der Waals surface area contributed by atoms with Crippen LogP contribution in [0.1, 0.15) is 18.5 Å². The average molecular weight is 246 g/mol. The third kappa shape index (κ3) is 2.80. The van der Waals surface area contributed by atoms with Crippen molar-refractivity contribution in [3.63, 3.8) is 0 Å². The van der Waals surface area contributed by atoms with Gasteiger partial charge in [0.05, 0.1) is 12.8 Å². The minimum Gasteiger partial charge on any atom is -0.467 e. The van der Waals surface area contributed by atoms with E-state index >= 15 is 0 Å². The lowest BCUT2D eigenvalue weighted by Gasteiger charge is -2.21. The van der Waals surface area contributed by atoms with Crippen molar-refractivity contribution in [2.75, 3.05) is 23.8 Å². The first kappa shape index (κ1) is 12.4. The Balaban J connectivity index is 2.24. The maximum atomic E-state index is 5.37. The van der Waals surface area contributed by atoms with E-state index in [0.29, 0.717) is 6.54 Å². The first-order chi connectivity index (χ1) is 8.72. The van der Waals surface area contributed by atoms with E-state index in [1.165, 1.54) is 0 Å². The molecule has 0 saturated heterocycles. The van der Waals surface area contributed by atoms with Crippen LogP contribution in [0.4, 0.5) is 11.6 Å². The van der Waals surface area contributed by atoms with E-state index in [-0.39, 0.29) is 0 Å². The summed E-state index contributed by atoms with van der Waals surface area (Å²) in [6.45, 7) is 5.56. The summed E-state index contributed by atoms with van der Waals surface area (Å²) in [5.74, 6) is 3.43. The zero-order chi connectivity index (χ0) is 13.0. The van der Waals surface area contributed by atoms with Gasteiger partial charge in [0.25, 0.3) is 0 Å². The molecule has 2 aromatic heterocycles. The zero-order valence-electron chi connectivity index (χ0n) is 11.0. The molecule has 0 saturated carbocycles. The van der Waals surface area contributed by atoms with Crippen molar-refractivity contribution in [2.24, 2.45) is 0 Å². The highest BCUT2D eigenvalue weighted by molar-refractivity contribution is 5.49. The second-order valence-electron chi connectivity index (χ2n) is 4.00. The van der Waals surface area contributed by atoms with Gasteiger partial charge in [0.2, 0.25) is 0 Å². The van der Waals surface area contributed by atoms with Crippen molar-refractivity contribution in [1.82, 2.24) is 9.97 Å². The molecule has 0 aliphatic rings. The Morgan fingerprint density at radius 3 is 2.83 bits per heavy atom. The predicted octanol–water partition coefficient (Wildman–Crippen LogP) is 2.45. The number of nitrogens with one attached hydrogen (secondary N) is 1. The molecule has 2 rings (SSSR count). The first-order valence-electron chi connectivity index (χ1n) is 6.03. The third-order valence-corrected chi connectivity index (χ3v) is 2.71. The van der Waals surface area contributed by atoms with E-state index in [1.807, 2.05) is 32.2 Å². The molecule has 0 aliphatic carbocycles. The molecule has 18 heavy (non-hydrogen) atoms. The number of rotatable bonds is 5. The molecule has 0 bridgehead atoms. The van der Waals surface area contributed by atoms with Gasteiger partial charge in [0.1, 0.15) is 23.2 Å². The number of nitrogens with zero attached hydrogens (tertiary/aromatic N) is 3. The molecular weight excluding hydrogens is 228 g/mol. The first-order valence-corrected chi connectivity index (χ1v) is 6.03. The summed E-state index contributed by atoms with van der Waals surface area (Å²) in [6, 6.07) is 5.81. The van der Waals surface area contributed by atoms with Gasteiger partial charge in [0, 0.05) is 19.7 Å². The number of aromatic nitrogens is 2. The second-order valence-corrected chi connectivity index (χ2v) is 4.00. The van der Waals surface area contributed by atoms with Gasteiger partial charge in [0.15, 0.2) is 0 Å². The largest absolute Gasteiger partial charge is 0.467 e. The van der Waals surface area contributed by atoms with Gasteiger partial charge < -0.3 is 14.6 Å². The van der Waals surface area contributed by atoms with Crippen molar-refractivity contribution in [3.05, 3.63) is 36.0 Å². The van der Waals surface area contributed by atoms with Gasteiger partial charge in [-0.05, 0) is 26.0 Å². The molecule has 5 heteroatoms. The van der Waals surface area contributed by atoms with Gasteiger partial charge >= 0.3 is 0 Å². The van der Waals surface area contributed by atoms with Crippen molar-refractivity contribution in [3.8, 4) is 0 Å². The number of hydrogen-bond donors (Lipinski definition) is 1. The van der Waals surface area contributed by atoms with Crippen LogP contribution in [0.25, 0.3) is 0 Å². The van der Waals surface area contributed by atoms with E-state index in [1.54, 1.807) is 6.26 Å². The van der Waals surface area contributed by atoms with Crippen LogP contribution in [-0.4, -0.2) is 23.6 Å². The van der Waals surface area contributed by atoms with Crippen LogP contribution >= 0.6 is 0 Å². The SMILES string of the molecule is CCN(Cc1ccco1)c1cc(NC)nc(C)n1. The lowest BCUT2D eigenvalue weighted by atomic mass is 10.3. The Morgan fingerprint density at radius 2 is 2.22 bits per heavy atom. The van der Waals surface area contributed by atoms with Gasteiger partial charge in [-0.3, -0.25) is 0 Å². The quantitative estimate of drug-likeness (QED) is 0.878. The molecule has 1 N–H and O–H groups in total. The highest BCUT2D eigenvalue weighted by Gasteiger charge is 2.10. The van der Waals surface area contributed by atoms with Gasteiger partial charge in [-0.15, -0.1) is 0 Å². The molecule has 0 aliphatic heterocycles. The number of aryl methyl sites for hydroxylation is 1. The fraction of sp³-hybridized carbons (Fsp3) is 0.385. The standard InChI is InChI=1S/C13H18N4O/c1-4-17(9-11-6-5-7-18-11)13-8-12(14-3)15-10(2)16-13/h5-8H,4,9H2,1-3H3,(H,14,15,16). The monoisotopic (exact) mass is 246 g/mol. The molecule has 0 radical (unpaired) electrons. The van der Waals surface area contributed by atoms with Crippen LogP contribution in [-0.2, 0) is 6.54 Å². The zero-order valence-corrected chi connectivity index (χ0v) is 11.0. The highest BCUT2D eigenvalue weighted by atomic mass is 16.3. The minimum absolute atomic E-state index is 0.711. The number of furan rings is 1. The molecule has 2 heterocycles. The fourth-order valence-corrected chi connectivity index (χ4v) is 1.79. The Morgan fingerprint density at radius 1 is 1.39 bits per heavy atom. The maximum Gasteiger partial charge on any atom is 0.134 e. The summed E-state index contributed by atoms with van der Waals surface area (Å²) in [5.41, 5.74) is 0. The normalized spacial score (nSPS) is 10.4. The molecular formula is C13H18N4O. The maximum absolute atomic E-state index is 5.37. The molecule has 0 unspecified atom stereocenters. The molecule has 0 amide bonds. The van der Waals surface area contributed by atoms with Gasteiger partial charge in [-0.2, -0.15) is 0 Å². The van der Waals surface area contributed by atoms with Gasteiger partial charge in [-0.25, -0.2) is 9.97 Å². The second kappa shape index (κ2) is 5.53. The summed E-state index contributed by atoms with van der Waals surface area (Å²) in [6.07, 6.45) is 1.69. The molecule has 5 nitrogen and oxygen atoms in total. The number of anilines is 2. The molecule has 0 fully saturated rings.